The van der Waals surface area contributed by atoms with E-state index in [1.54, 1.807) is 30.3 Å². The quantitative estimate of drug-likeness (QED) is 0.870. The van der Waals surface area contributed by atoms with Crippen LogP contribution in [0, 0.1) is 5.82 Å². The molecular weight excluding hydrogens is 233 g/mol. The van der Waals surface area contributed by atoms with Crippen molar-refractivity contribution in [1.29, 1.82) is 0 Å². The van der Waals surface area contributed by atoms with E-state index in [0.29, 0.717) is 17.8 Å². The molecule has 0 bridgehead atoms. The van der Waals surface area contributed by atoms with Crippen LogP contribution in [0.4, 0.5) is 10.1 Å². The maximum Gasteiger partial charge on any atom is 0.335 e. The second kappa shape index (κ2) is 5.31. The third kappa shape index (κ3) is 2.85. The smallest absolute Gasteiger partial charge is 0.335 e. The van der Waals surface area contributed by atoms with Crippen molar-refractivity contribution in [3.05, 3.63) is 65.5 Å². The first-order valence-electron chi connectivity index (χ1n) is 5.47. The standard InChI is InChI=1S/C14H12FNO2/c15-13-7-2-1-4-11(13)9-16-12-6-3-5-10(8-12)14(17)18/h1-8,16H,9H2,(H,17,18). The predicted molar refractivity (Wildman–Crippen MR) is 67.1 cm³/mol. The van der Waals surface area contributed by atoms with Gasteiger partial charge in [-0.2, -0.15) is 0 Å². The van der Waals surface area contributed by atoms with Crippen molar-refractivity contribution < 1.29 is 14.3 Å². The fourth-order valence-electron chi connectivity index (χ4n) is 1.60. The van der Waals surface area contributed by atoms with Crippen LogP contribution in [-0.2, 0) is 6.54 Å². The van der Waals surface area contributed by atoms with Gasteiger partial charge in [0.2, 0.25) is 0 Å². The molecule has 0 unspecified atom stereocenters. The third-order valence-corrected chi connectivity index (χ3v) is 2.55. The van der Waals surface area contributed by atoms with Crippen molar-refractivity contribution in [2.24, 2.45) is 0 Å². The number of benzene rings is 2. The molecule has 0 amide bonds. The molecule has 0 aliphatic heterocycles. The Hall–Kier alpha value is -2.36. The molecule has 0 saturated carbocycles. The average Bonchev–Trinajstić information content (AvgIpc) is 2.38. The van der Waals surface area contributed by atoms with Crippen LogP contribution in [-0.4, -0.2) is 11.1 Å². The highest BCUT2D eigenvalue weighted by Crippen LogP contribution is 2.13. The zero-order valence-corrected chi connectivity index (χ0v) is 9.56. The molecule has 0 atom stereocenters. The fourth-order valence-corrected chi connectivity index (χ4v) is 1.60. The molecule has 3 nitrogen and oxygen atoms in total. The Labute approximate surface area is 104 Å². The van der Waals surface area contributed by atoms with E-state index in [1.807, 2.05) is 0 Å². The lowest BCUT2D eigenvalue weighted by Crippen LogP contribution is -2.03. The summed E-state index contributed by atoms with van der Waals surface area (Å²) in [6.45, 7) is 0.315. The van der Waals surface area contributed by atoms with E-state index in [4.69, 9.17) is 5.11 Å². The van der Waals surface area contributed by atoms with Crippen LogP contribution in [0.15, 0.2) is 48.5 Å². The van der Waals surface area contributed by atoms with Crippen LogP contribution in [0.1, 0.15) is 15.9 Å². The maximum atomic E-state index is 13.4. The molecule has 0 fully saturated rings. The molecule has 0 radical (unpaired) electrons. The van der Waals surface area contributed by atoms with Gasteiger partial charge in [-0.25, -0.2) is 9.18 Å². The van der Waals surface area contributed by atoms with Crippen molar-refractivity contribution in [2.45, 2.75) is 6.54 Å². The molecule has 0 aliphatic carbocycles. The Morgan fingerprint density at radius 3 is 2.67 bits per heavy atom. The number of anilines is 1. The molecule has 2 N–H and O–H groups in total. The van der Waals surface area contributed by atoms with E-state index in [2.05, 4.69) is 5.32 Å². The van der Waals surface area contributed by atoms with Crippen LogP contribution in [0.5, 0.6) is 0 Å². The molecule has 2 rings (SSSR count). The molecule has 4 heteroatoms. The third-order valence-electron chi connectivity index (χ3n) is 2.55. The first-order valence-corrected chi connectivity index (χ1v) is 5.47. The monoisotopic (exact) mass is 245 g/mol. The molecule has 0 aromatic heterocycles. The van der Waals surface area contributed by atoms with Gasteiger partial charge in [0, 0.05) is 17.8 Å². The minimum Gasteiger partial charge on any atom is -0.478 e. The van der Waals surface area contributed by atoms with E-state index in [1.165, 1.54) is 18.2 Å². The summed E-state index contributed by atoms with van der Waals surface area (Å²) in [5, 5.41) is 11.8. The van der Waals surface area contributed by atoms with Crippen LogP contribution in [0.25, 0.3) is 0 Å². The Kier molecular flexibility index (Phi) is 3.57. The molecule has 0 heterocycles. The van der Waals surface area contributed by atoms with Crippen molar-refractivity contribution in [1.82, 2.24) is 0 Å². The minimum atomic E-state index is -0.982. The number of halogens is 1. The predicted octanol–water partition coefficient (Wildman–Crippen LogP) is 3.14. The second-order valence-corrected chi connectivity index (χ2v) is 3.83. The lowest BCUT2D eigenvalue weighted by atomic mass is 10.2. The van der Waals surface area contributed by atoms with E-state index in [0.717, 1.165) is 0 Å². The number of hydrogen-bond acceptors (Lipinski definition) is 2. The van der Waals surface area contributed by atoms with Crippen LogP contribution in [0.3, 0.4) is 0 Å². The van der Waals surface area contributed by atoms with Gasteiger partial charge in [0.05, 0.1) is 5.56 Å². The topological polar surface area (TPSA) is 49.3 Å². The number of nitrogens with one attached hydrogen (secondary N) is 1. The number of carbonyl (C=O) groups is 1. The molecule has 0 saturated heterocycles. The average molecular weight is 245 g/mol. The van der Waals surface area contributed by atoms with Crippen molar-refractivity contribution in [3.8, 4) is 0 Å². The van der Waals surface area contributed by atoms with Gasteiger partial charge in [-0.1, -0.05) is 24.3 Å². The minimum absolute atomic E-state index is 0.202. The summed E-state index contributed by atoms with van der Waals surface area (Å²) in [5.41, 5.74) is 1.39. The van der Waals surface area contributed by atoms with Crippen molar-refractivity contribution in [2.75, 3.05) is 5.32 Å². The van der Waals surface area contributed by atoms with Crippen LogP contribution in [0.2, 0.25) is 0 Å². The number of carboxylic acid groups (broad SMARTS) is 1. The Morgan fingerprint density at radius 1 is 1.17 bits per heavy atom. The van der Waals surface area contributed by atoms with Gasteiger partial charge in [-0.3, -0.25) is 0 Å². The van der Waals surface area contributed by atoms with Gasteiger partial charge in [-0.05, 0) is 24.3 Å². The van der Waals surface area contributed by atoms with Crippen molar-refractivity contribution >= 4 is 11.7 Å². The summed E-state index contributed by atoms with van der Waals surface area (Å²) in [6, 6.07) is 12.9. The van der Waals surface area contributed by atoms with Crippen LogP contribution < -0.4 is 5.32 Å². The molecule has 2 aromatic carbocycles. The molecule has 92 valence electrons. The summed E-state index contributed by atoms with van der Waals surface area (Å²) >= 11 is 0. The van der Waals surface area contributed by atoms with Gasteiger partial charge < -0.3 is 10.4 Å². The molecule has 2 aromatic rings. The summed E-state index contributed by atoms with van der Waals surface area (Å²) in [5.74, 6) is -1.26. The Morgan fingerprint density at radius 2 is 1.94 bits per heavy atom. The molecule has 0 spiro atoms. The molecule has 0 aliphatic rings. The lowest BCUT2D eigenvalue weighted by Gasteiger charge is -2.07. The summed E-state index contributed by atoms with van der Waals surface area (Å²) < 4.78 is 13.4. The number of aromatic carboxylic acids is 1. The number of hydrogen-bond donors (Lipinski definition) is 2. The molecule has 18 heavy (non-hydrogen) atoms. The summed E-state index contributed by atoms with van der Waals surface area (Å²) in [6.07, 6.45) is 0. The second-order valence-electron chi connectivity index (χ2n) is 3.83. The van der Waals surface area contributed by atoms with E-state index in [-0.39, 0.29) is 11.4 Å². The SMILES string of the molecule is O=C(O)c1cccc(NCc2ccccc2F)c1. The summed E-state index contributed by atoms with van der Waals surface area (Å²) in [4.78, 5) is 10.8. The number of carboxylic acids is 1. The van der Waals surface area contributed by atoms with Gasteiger partial charge in [-0.15, -0.1) is 0 Å². The van der Waals surface area contributed by atoms with Gasteiger partial charge in [0.25, 0.3) is 0 Å². The van der Waals surface area contributed by atoms with E-state index < -0.39 is 5.97 Å². The first kappa shape index (κ1) is 12.1. The maximum absolute atomic E-state index is 13.4. The van der Waals surface area contributed by atoms with Gasteiger partial charge in [0.15, 0.2) is 0 Å². The first-order chi connectivity index (χ1) is 8.66. The van der Waals surface area contributed by atoms with Gasteiger partial charge in [0.1, 0.15) is 5.82 Å². The van der Waals surface area contributed by atoms with E-state index in [9.17, 15) is 9.18 Å². The zero-order chi connectivity index (χ0) is 13.0. The normalized spacial score (nSPS) is 10.1. The lowest BCUT2D eigenvalue weighted by molar-refractivity contribution is 0.0697. The van der Waals surface area contributed by atoms with E-state index >= 15 is 0 Å². The molecular formula is C14H12FNO2. The highest BCUT2D eigenvalue weighted by molar-refractivity contribution is 5.88. The fraction of sp³-hybridized carbons (Fsp3) is 0.0714. The van der Waals surface area contributed by atoms with Gasteiger partial charge >= 0.3 is 5.97 Å². The zero-order valence-electron chi connectivity index (χ0n) is 9.56. The van der Waals surface area contributed by atoms with Crippen LogP contribution >= 0.6 is 0 Å². The Bertz CT molecular complexity index is 569. The summed E-state index contributed by atoms with van der Waals surface area (Å²) in [7, 11) is 0. The number of rotatable bonds is 4. The largest absolute Gasteiger partial charge is 0.478 e. The highest BCUT2D eigenvalue weighted by atomic mass is 19.1. The van der Waals surface area contributed by atoms with Crippen molar-refractivity contribution in [3.63, 3.8) is 0 Å². The highest BCUT2D eigenvalue weighted by Gasteiger charge is 2.04. The Balaban J connectivity index is 2.09.